The van der Waals surface area contributed by atoms with Crippen LogP contribution in [-0.2, 0) is 0 Å². The molecule has 0 aliphatic heterocycles. The first kappa shape index (κ1) is 10.2. The molecule has 1 aromatic carbocycles. The van der Waals surface area contributed by atoms with E-state index in [9.17, 15) is 9.90 Å². The number of aromatic nitrogens is 3. The molecule has 0 amide bonds. The second kappa shape index (κ2) is 4.01. The number of anilines is 2. The molecule has 1 heterocycles. The Morgan fingerprint density at radius 1 is 1.44 bits per heavy atom. The maximum atomic E-state index is 11.0. The third kappa shape index (κ3) is 2.17. The molecule has 0 unspecified atom stereocenters. The van der Waals surface area contributed by atoms with Crippen molar-refractivity contribution in [1.82, 2.24) is 15.2 Å². The summed E-state index contributed by atoms with van der Waals surface area (Å²) < 4.78 is 0. The zero-order chi connectivity index (χ0) is 11.5. The van der Waals surface area contributed by atoms with Crippen LogP contribution in [0.4, 0.5) is 11.5 Å². The first-order valence-electron chi connectivity index (χ1n) is 4.64. The van der Waals surface area contributed by atoms with Crippen molar-refractivity contribution in [2.45, 2.75) is 6.92 Å². The minimum absolute atomic E-state index is 0.139. The van der Waals surface area contributed by atoms with Crippen molar-refractivity contribution < 1.29 is 5.11 Å². The SMILES string of the molecule is Cc1n[nH]c(=O)nc1Nc1cccc(O)c1. The van der Waals surface area contributed by atoms with Crippen molar-refractivity contribution in [3.63, 3.8) is 0 Å². The topological polar surface area (TPSA) is 90.9 Å². The maximum Gasteiger partial charge on any atom is 0.363 e. The first-order chi connectivity index (χ1) is 7.65. The standard InChI is InChI=1S/C10H10N4O2/c1-6-9(12-10(16)14-13-6)11-7-3-2-4-8(15)5-7/h2-5,15H,1H3,(H2,11,12,14,16). The van der Waals surface area contributed by atoms with Gasteiger partial charge < -0.3 is 10.4 Å². The van der Waals surface area contributed by atoms with E-state index in [1.165, 1.54) is 6.07 Å². The van der Waals surface area contributed by atoms with Crippen LogP contribution in [0.15, 0.2) is 29.1 Å². The van der Waals surface area contributed by atoms with Gasteiger partial charge in [-0.3, -0.25) is 0 Å². The van der Waals surface area contributed by atoms with Crippen LogP contribution in [-0.4, -0.2) is 20.3 Å². The molecule has 0 spiro atoms. The molecule has 3 N–H and O–H groups in total. The molecule has 0 aliphatic rings. The minimum atomic E-state index is -0.520. The van der Waals surface area contributed by atoms with E-state index in [2.05, 4.69) is 20.5 Å². The predicted molar refractivity (Wildman–Crippen MR) is 58.8 cm³/mol. The Morgan fingerprint density at radius 3 is 3.00 bits per heavy atom. The lowest BCUT2D eigenvalue weighted by Gasteiger charge is -2.06. The molecule has 16 heavy (non-hydrogen) atoms. The normalized spacial score (nSPS) is 10.1. The molecule has 1 aromatic heterocycles. The Bertz CT molecular complexity index is 565. The second-order valence-corrected chi connectivity index (χ2v) is 3.25. The molecule has 2 aromatic rings. The number of nitrogens with one attached hydrogen (secondary N) is 2. The summed E-state index contributed by atoms with van der Waals surface area (Å²) in [6.45, 7) is 1.72. The molecule has 6 heteroatoms. The number of hydrogen-bond donors (Lipinski definition) is 3. The lowest BCUT2D eigenvalue weighted by Crippen LogP contribution is -2.15. The van der Waals surface area contributed by atoms with E-state index in [1.807, 2.05) is 0 Å². The highest BCUT2D eigenvalue weighted by molar-refractivity contribution is 5.58. The number of aromatic hydroxyl groups is 1. The van der Waals surface area contributed by atoms with E-state index in [1.54, 1.807) is 25.1 Å². The van der Waals surface area contributed by atoms with Crippen LogP contribution in [0, 0.1) is 6.92 Å². The number of phenols is 1. The van der Waals surface area contributed by atoms with Gasteiger partial charge in [-0.15, -0.1) is 0 Å². The zero-order valence-electron chi connectivity index (χ0n) is 8.56. The van der Waals surface area contributed by atoms with Gasteiger partial charge in [0.05, 0.1) is 0 Å². The molecule has 6 nitrogen and oxygen atoms in total. The third-order valence-corrected chi connectivity index (χ3v) is 1.98. The number of benzene rings is 1. The van der Waals surface area contributed by atoms with Crippen LogP contribution in [0.5, 0.6) is 5.75 Å². The Hall–Kier alpha value is -2.37. The fraction of sp³-hybridized carbons (Fsp3) is 0.100. The van der Waals surface area contributed by atoms with Gasteiger partial charge in [0.25, 0.3) is 0 Å². The first-order valence-corrected chi connectivity index (χ1v) is 4.64. The highest BCUT2D eigenvalue weighted by Gasteiger charge is 2.03. The van der Waals surface area contributed by atoms with Crippen molar-refractivity contribution in [3.05, 3.63) is 40.4 Å². The van der Waals surface area contributed by atoms with Gasteiger partial charge in [0.2, 0.25) is 0 Å². The number of nitrogens with zero attached hydrogens (tertiary/aromatic N) is 2. The highest BCUT2D eigenvalue weighted by atomic mass is 16.3. The summed E-state index contributed by atoms with van der Waals surface area (Å²) in [5.74, 6) is 0.509. The number of phenolic OH excluding ortho intramolecular Hbond substituents is 1. The number of aromatic amines is 1. The minimum Gasteiger partial charge on any atom is -0.508 e. The van der Waals surface area contributed by atoms with Gasteiger partial charge in [0.1, 0.15) is 11.4 Å². The van der Waals surface area contributed by atoms with Gasteiger partial charge in [-0.25, -0.2) is 9.89 Å². The summed E-state index contributed by atoms with van der Waals surface area (Å²) in [6.07, 6.45) is 0. The van der Waals surface area contributed by atoms with E-state index in [0.717, 1.165) is 0 Å². The van der Waals surface area contributed by atoms with Gasteiger partial charge in [-0.2, -0.15) is 10.1 Å². The Balaban J connectivity index is 2.33. The van der Waals surface area contributed by atoms with Crippen LogP contribution in [0.3, 0.4) is 0 Å². The summed E-state index contributed by atoms with van der Waals surface area (Å²) in [4.78, 5) is 14.7. The van der Waals surface area contributed by atoms with Crippen LogP contribution in [0.25, 0.3) is 0 Å². The van der Waals surface area contributed by atoms with Crippen molar-refractivity contribution in [2.75, 3.05) is 5.32 Å². The van der Waals surface area contributed by atoms with Gasteiger partial charge in [0, 0.05) is 11.8 Å². The van der Waals surface area contributed by atoms with Gasteiger partial charge in [-0.1, -0.05) is 6.07 Å². The molecule has 0 radical (unpaired) electrons. The summed E-state index contributed by atoms with van der Waals surface area (Å²) in [5.41, 5.74) is 0.694. The Kier molecular flexibility index (Phi) is 2.55. The van der Waals surface area contributed by atoms with Crippen molar-refractivity contribution in [1.29, 1.82) is 0 Å². The molecule has 0 saturated carbocycles. The molecule has 82 valence electrons. The second-order valence-electron chi connectivity index (χ2n) is 3.25. The molecule has 0 atom stereocenters. The van der Waals surface area contributed by atoms with E-state index in [4.69, 9.17) is 0 Å². The van der Waals surface area contributed by atoms with Crippen molar-refractivity contribution in [2.24, 2.45) is 0 Å². The molecule has 2 rings (SSSR count). The number of rotatable bonds is 2. The largest absolute Gasteiger partial charge is 0.508 e. The van der Waals surface area contributed by atoms with E-state index >= 15 is 0 Å². The van der Waals surface area contributed by atoms with E-state index in [0.29, 0.717) is 17.2 Å². The molecular formula is C10H10N4O2. The molecule has 0 fully saturated rings. The third-order valence-electron chi connectivity index (χ3n) is 1.98. The molecule has 0 bridgehead atoms. The maximum absolute atomic E-state index is 11.0. The average Bonchev–Trinajstić information content (AvgIpc) is 2.24. The van der Waals surface area contributed by atoms with Crippen molar-refractivity contribution in [3.8, 4) is 5.75 Å². The summed E-state index contributed by atoms with van der Waals surface area (Å²) in [5, 5.41) is 18.2. The highest BCUT2D eigenvalue weighted by Crippen LogP contribution is 2.19. The smallest absolute Gasteiger partial charge is 0.363 e. The zero-order valence-corrected chi connectivity index (χ0v) is 8.56. The fourth-order valence-corrected chi connectivity index (χ4v) is 1.23. The van der Waals surface area contributed by atoms with Crippen LogP contribution in [0.1, 0.15) is 5.69 Å². The molecular weight excluding hydrogens is 208 g/mol. The monoisotopic (exact) mass is 218 g/mol. The van der Waals surface area contributed by atoms with Crippen LogP contribution >= 0.6 is 0 Å². The summed E-state index contributed by atoms with van der Waals surface area (Å²) in [7, 11) is 0. The lowest BCUT2D eigenvalue weighted by molar-refractivity contribution is 0.475. The number of hydrogen-bond acceptors (Lipinski definition) is 5. The van der Waals surface area contributed by atoms with Gasteiger partial charge in [-0.05, 0) is 19.1 Å². The lowest BCUT2D eigenvalue weighted by atomic mass is 10.3. The number of H-pyrrole nitrogens is 1. The summed E-state index contributed by atoms with van der Waals surface area (Å²) >= 11 is 0. The predicted octanol–water partition coefficient (Wildman–Crippen LogP) is 0.923. The Labute approximate surface area is 91.0 Å². The Morgan fingerprint density at radius 2 is 2.25 bits per heavy atom. The van der Waals surface area contributed by atoms with Crippen molar-refractivity contribution >= 4 is 11.5 Å². The van der Waals surface area contributed by atoms with Crippen LogP contribution < -0.4 is 11.0 Å². The van der Waals surface area contributed by atoms with Gasteiger partial charge in [0.15, 0.2) is 5.82 Å². The van der Waals surface area contributed by atoms with Gasteiger partial charge >= 0.3 is 5.69 Å². The fourth-order valence-electron chi connectivity index (χ4n) is 1.23. The van der Waals surface area contributed by atoms with Crippen LogP contribution in [0.2, 0.25) is 0 Å². The molecule has 0 saturated heterocycles. The van der Waals surface area contributed by atoms with E-state index < -0.39 is 5.69 Å². The molecule has 0 aliphatic carbocycles. The van der Waals surface area contributed by atoms with E-state index in [-0.39, 0.29) is 5.75 Å². The number of aryl methyl sites for hydroxylation is 1. The quantitative estimate of drug-likeness (QED) is 0.697. The average molecular weight is 218 g/mol. The summed E-state index contributed by atoms with van der Waals surface area (Å²) in [6, 6.07) is 6.53.